The second-order valence-corrected chi connectivity index (χ2v) is 7.85. The first kappa shape index (κ1) is 17.0. The van der Waals surface area contributed by atoms with E-state index in [-0.39, 0.29) is 17.8 Å². The molecule has 0 spiro atoms. The molecule has 0 aliphatic carbocycles. The third kappa shape index (κ3) is 3.65. The van der Waals surface area contributed by atoms with Crippen molar-refractivity contribution in [1.29, 1.82) is 0 Å². The Kier molecular flexibility index (Phi) is 4.69. The molecular formula is C18H21FN2O2S. The van der Waals surface area contributed by atoms with Gasteiger partial charge in [0.05, 0.1) is 22.8 Å². The first-order valence-corrected chi connectivity index (χ1v) is 8.89. The van der Waals surface area contributed by atoms with Crippen LogP contribution in [0.15, 0.2) is 30.5 Å². The number of nitrogens with zero attached hydrogens (tertiary/aromatic N) is 2. The van der Waals surface area contributed by atoms with Gasteiger partial charge in [-0.1, -0.05) is 12.1 Å². The highest BCUT2D eigenvalue weighted by atomic mass is 32.1. The van der Waals surface area contributed by atoms with E-state index in [0.717, 1.165) is 23.4 Å². The van der Waals surface area contributed by atoms with Gasteiger partial charge in [0.15, 0.2) is 0 Å². The molecule has 1 aromatic carbocycles. The summed E-state index contributed by atoms with van der Waals surface area (Å²) in [5, 5.41) is 11.1. The highest BCUT2D eigenvalue weighted by Gasteiger charge is 2.39. The second-order valence-electron chi connectivity index (χ2n) is 6.73. The van der Waals surface area contributed by atoms with Gasteiger partial charge in [0, 0.05) is 13.0 Å². The molecular weight excluding hydrogens is 327 g/mol. The smallest absolute Gasteiger partial charge is 0.265 e. The SMILES string of the molecule is CC(C)(O)C1CCCN1C(=O)c1cnc(Cc2ccc(F)cc2)s1. The molecule has 1 aliphatic rings. The van der Waals surface area contributed by atoms with E-state index < -0.39 is 5.60 Å². The number of rotatable bonds is 4. The summed E-state index contributed by atoms with van der Waals surface area (Å²) in [4.78, 5) is 19.4. The number of halogens is 1. The lowest BCUT2D eigenvalue weighted by Crippen LogP contribution is -2.48. The number of thiazole rings is 1. The van der Waals surface area contributed by atoms with Crippen molar-refractivity contribution in [2.45, 2.75) is 44.8 Å². The number of aromatic nitrogens is 1. The van der Waals surface area contributed by atoms with E-state index in [4.69, 9.17) is 0 Å². The van der Waals surface area contributed by atoms with E-state index in [0.29, 0.717) is 17.8 Å². The van der Waals surface area contributed by atoms with Crippen molar-refractivity contribution >= 4 is 17.2 Å². The molecule has 1 fully saturated rings. The zero-order valence-electron chi connectivity index (χ0n) is 13.8. The zero-order chi connectivity index (χ0) is 17.3. The van der Waals surface area contributed by atoms with Gasteiger partial charge in [-0.2, -0.15) is 0 Å². The molecule has 2 aromatic rings. The van der Waals surface area contributed by atoms with Crippen molar-refractivity contribution in [3.05, 3.63) is 51.7 Å². The van der Waals surface area contributed by atoms with Crippen LogP contribution in [0.2, 0.25) is 0 Å². The number of hydrogen-bond donors (Lipinski definition) is 1. The third-order valence-corrected chi connectivity index (χ3v) is 5.35. The van der Waals surface area contributed by atoms with E-state index in [9.17, 15) is 14.3 Å². The van der Waals surface area contributed by atoms with E-state index in [1.807, 2.05) is 0 Å². The minimum Gasteiger partial charge on any atom is -0.388 e. The summed E-state index contributed by atoms with van der Waals surface area (Å²) in [6.45, 7) is 4.16. The summed E-state index contributed by atoms with van der Waals surface area (Å²) in [7, 11) is 0. The van der Waals surface area contributed by atoms with E-state index >= 15 is 0 Å². The van der Waals surface area contributed by atoms with Gasteiger partial charge >= 0.3 is 0 Å². The van der Waals surface area contributed by atoms with Crippen molar-refractivity contribution in [2.24, 2.45) is 0 Å². The Hall–Kier alpha value is -1.79. The molecule has 1 saturated heterocycles. The maximum Gasteiger partial charge on any atom is 0.265 e. The molecule has 1 aromatic heterocycles. The molecule has 4 nitrogen and oxygen atoms in total. The molecule has 1 amide bonds. The van der Waals surface area contributed by atoms with Gasteiger partial charge in [0.1, 0.15) is 10.7 Å². The number of amides is 1. The predicted molar refractivity (Wildman–Crippen MR) is 91.7 cm³/mol. The van der Waals surface area contributed by atoms with Gasteiger partial charge < -0.3 is 10.0 Å². The van der Waals surface area contributed by atoms with Crippen LogP contribution in [0.4, 0.5) is 4.39 Å². The van der Waals surface area contributed by atoms with Crippen LogP contribution in [0.5, 0.6) is 0 Å². The Labute approximate surface area is 145 Å². The highest BCUT2D eigenvalue weighted by Crippen LogP contribution is 2.29. The molecule has 1 atom stereocenters. The molecule has 0 radical (unpaired) electrons. The topological polar surface area (TPSA) is 53.4 Å². The zero-order valence-corrected chi connectivity index (χ0v) is 14.6. The maximum atomic E-state index is 13.0. The number of carbonyl (C=O) groups is 1. The third-order valence-electron chi connectivity index (χ3n) is 4.36. The molecule has 128 valence electrons. The Morgan fingerprint density at radius 3 is 2.79 bits per heavy atom. The van der Waals surface area contributed by atoms with E-state index in [2.05, 4.69) is 4.98 Å². The largest absolute Gasteiger partial charge is 0.388 e. The number of hydrogen-bond acceptors (Lipinski definition) is 4. The first-order valence-electron chi connectivity index (χ1n) is 8.07. The molecule has 3 rings (SSSR count). The van der Waals surface area contributed by atoms with Gasteiger partial charge in [-0.15, -0.1) is 11.3 Å². The number of benzene rings is 1. The van der Waals surface area contributed by atoms with Crippen molar-refractivity contribution < 1.29 is 14.3 Å². The first-order chi connectivity index (χ1) is 11.3. The van der Waals surface area contributed by atoms with Crippen LogP contribution in [0.1, 0.15) is 46.9 Å². The summed E-state index contributed by atoms with van der Waals surface area (Å²) in [5.74, 6) is -0.331. The second kappa shape index (κ2) is 6.61. The normalized spacial score (nSPS) is 18.2. The van der Waals surface area contributed by atoms with Gasteiger partial charge in [-0.25, -0.2) is 9.37 Å². The van der Waals surface area contributed by atoms with Crippen LogP contribution < -0.4 is 0 Å². The van der Waals surface area contributed by atoms with Crippen molar-refractivity contribution in [1.82, 2.24) is 9.88 Å². The van der Waals surface area contributed by atoms with Gasteiger partial charge in [-0.05, 0) is 44.4 Å². The van der Waals surface area contributed by atoms with Crippen LogP contribution in [0, 0.1) is 5.82 Å². The minimum absolute atomic E-state index is 0.0671. The Bertz CT molecular complexity index is 721. The van der Waals surface area contributed by atoms with Crippen molar-refractivity contribution in [2.75, 3.05) is 6.54 Å². The standard InChI is InChI=1S/C18H21FN2O2S/c1-18(2,23)15-4-3-9-21(15)17(22)14-11-20-16(24-14)10-12-5-7-13(19)8-6-12/h5-8,11,15,23H,3-4,9-10H2,1-2H3. The summed E-state index contributed by atoms with van der Waals surface area (Å²) in [5.41, 5.74) is 0.0497. The monoisotopic (exact) mass is 348 g/mol. The highest BCUT2D eigenvalue weighted by molar-refractivity contribution is 7.13. The fourth-order valence-electron chi connectivity index (χ4n) is 3.15. The summed E-state index contributed by atoms with van der Waals surface area (Å²) in [6, 6.07) is 6.14. The molecule has 0 bridgehead atoms. The fraction of sp³-hybridized carbons (Fsp3) is 0.444. The van der Waals surface area contributed by atoms with Crippen LogP contribution in [-0.2, 0) is 6.42 Å². The molecule has 24 heavy (non-hydrogen) atoms. The van der Waals surface area contributed by atoms with E-state index in [1.165, 1.54) is 23.5 Å². The number of likely N-dealkylation sites (tertiary alicyclic amines) is 1. The van der Waals surface area contributed by atoms with Crippen LogP contribution in [0.25, 0.3) is 0 Å². The van der Waals surface area contributed by atoms with Gasteiger partial charge in [0.25, 0.3) is 5.91 Å². The number of carbonyl (C=O) groups excluding carboxylic acids is 1. The van der Waals surface area contributed by atoms with Gasteiger partial charge in [-0.3, -0.25) is 4.79 Å². The fourth-order valence-corrected chi connectivity index (χ4v) is 4.06. The number of aliphatic hydroxyl groups is 1. The molecule has 2 heterocycles. The van der Waals surface area contributed by atoms with Crippen molar-refractivity contribution in [3.8, 4) is 0 Å². The molecule has 0 saturated carbocycles. The Morgan fingerprint density at radius 2 is 2.12 bits per heavy atom. The average Bonchev–Trinajstić information content (AvgIpc) is 3.17. The summed E-state index contributed by atoms with van der Waals surface area (Å²) in [6.07, 6.45) is 3.90. The van der Waals surface area contributed by atoms with E-state index in [1.54, 1.807) is 37.1 Å². The maximum absolute atomic E-state index is 13.0. The van der Waals surface area contributed by atoms with Crippen LogP contribution in [-0.4, -0.2) is 39.1 Å². The van der Waals surface area contributed by atoms with Crippen molar-refractivity contribution in [3.63, 3.8) is 0 Å². The molecule has 1 aliphatic heterocycles. The lowest BCUT2D eigenvalue weighted by molar-refractivity contribution is 0.000510. The van der Waals surface area contributed by atoms with Crippen LogP contribution in [0.3, 0.4) is 0 Å². The Morgan fingerprint density at radius 1 is 1.42 bits per heavy atom. The molecule has 1 N–H and O–H groups in total. The Balaban J connectivity index is 1.73. The molecule has 1 unspecified atom stereocenters. The van der Waals surface area contributed by atoms with Crippen LogP contribution >= 0.6 is 11.3 Å². The average molecular weight is 348 g/mol. The quantitative estimate of drug-likeness (QED) is 0.923. The lowest BCUT2D eigenvalue weighted by Gasteiger charge is -2.33. The minimum atomic E-state index is -0.909. The molecule has 6 heteroatoms. The van der Waals surface area contributed by atoms with Gasteiger partial charge in [0.2, 0.25) is 0 Å². The predicted octanol–water partition coefficient (Wildman–Crippen LogP) is 3.25. The summed E-state index contributed by atoms with van der Waals surface area (Å²) >= 11 is 1.36. The summed E-state index contributed by atoms with van der Waals surface area (Å²) < 4.78 is 13.0. The lowest BCUT2D eigenvalue weighted by atomic mass is 9.96.